The van der Waals surface area contributed by atoms with Gasteiger partial charge in [0.2, 0.25) is 0 Å². The van der Waals surface area contributed by atoms with E-state index in [-0.39, 0.29) is 0 Å². The maximum Gasteiger partial charge on any atom is 0.174 e. The predicted octanol–water partition coefficient (Wildman–Crippen LogP) is 3.26. The summed E-state index contributed by atoms with van der Waals surface area (Å²) in [5.74, 6) is 0.570. The van der Waals surface area contributed by atoms with Gasteiger partial charge in [-0.3, -0.25) is 0 Å². The third kappa shape index (κ3) is 6.05. The number of nitrogens with one attached hydrogen (secondary N) is 1. The van der Waals surface area contributed by atoms with Gasteiger partial charge in [-0.2, -0.15) is 0 Å². The molecular weight excluding hydrogens is 261 g/mol. The van der Waals surface area contributed by atoms with Crippen LogP contribution in [0.1, 0.15) is 20.3 Å². The van der Waals surface area contributed by atoms with Crippen molar-refractivity contribution in [2.45, 2.75) is 20.3 Å². The first kappa shape index (κ1) is 14.5. The fourth-order valence-corrected chi connectivity index (χ4v) is 1.50. The molecule has 0 fully saturated rings. The Bertz CT molecular complexity index is 347. The van der Waals surface area contributed by atoms with Gasteiger partial charge in [0, 0.05) is 25.8 Å². The van der Waals surface area contributed by atoms with Crippen LogP contribution < -0.4 is 5.32 Å². The smallest absolute Gasteiger partial charge is 0.174 e. The maximum atomic E-state index is 5.85. The second kappa shape index (κ2) is 7.69. The fourth-order valence-electron chi connectivity index (χ4n) is 1.19. The molecule has 0 unspecified atom stereocenters. The van der Waals surface area contributed by atoms with Crippen molar-refractivity contribution in [2.75, 3.05) is 25.1 Å². The highest BCUT2D eigenvalue weighted by Gasteiger charge is 2.03. The lowest BCUT2D eigenvalue weighted by Gasteiger charge is -2.09. The summed E-state index contributed by atoms with van der Waals surface area (Å²) in [6.07, 6.45) is 0.906. The van der Waals surface area contributed by atoms with Crippen LogP contribution in [-0.4, -0.2) is 30.0 Å². The molecule has 0 radical (unpaired) electrons. The topological polar surface area (TPSA) is 47.0 Å². The quantitative estimate of drug-likeness (QED) is 0.778. The van der Waals surface area contributed by atoms with Crippen molar-refractivity contribution >= 4 is 28.9 Å². The van der Waals surface area contributed by atoms with Gasteiger partial charge in [-0.15, -0.1) is 10.2 Å². The average molecular weight is 278 g/mol. The van der Waals surface area contributed by atoms with E-state index >= 15 is 0 Å². The summed E-state index contributed by atoms with van der Waals surface area (Å²) in [4.78, 5) is 0. The van der Waals surface area contributed by atoms with Gasteiger partial charge < -0.3 is 10.1 Å². The number of hydrogen-bond donors (Lipinski definition) is 1. The van der Waals surface area contributed by atoms with Gasteiger partial charge in [0.1, 0.15) is 0 Å². The number of nitrogens with zero attached hydrogens (tertiary/aromatic N) is 2. The van der Waals surface area contributed by atoms with Crippen molar-refractivity contribution in [1.29, 1.82) is 0 Å². The monoisotopic (exact) mass is 277 g/mol. The Morgan fingerprint density at radius 1 is 1.35 bits per heavy atom. The average Bonchev–Trinajstić information content (AvgIpc) is 2.27. The van der Waals surface area contributed by atoms with Crippen molar-refractivity contribution in [1.82, 2.24) is 10.2 Å². The molecule has 0 saturated heterocycles. The standard InChI is InChI=1S/C11H17Cl2N3O/c1-8(2)7-17-5-3-4-14-9-6-10(12)15-16-11(9)13/h6,8H,3-5,7H2,1-2H3,(H,14,15). The van der Waals surface area contributed by atoms with Gasteiger partial charge >= 0.3 is 0 Å². The molecule has 96 valence electrons. The molecule has 1 rings (SSSR count). The van der Waals surface area contributed by atoms with Crippen molar-refractivity contribution in [2.24, 2.45) is 5.92 Å². The molecule has 0 aliphatic carbocycles. The molecule has 0 saturated carbocycles. The largest absolute Gasteiger partial charge is 0.382 e. The molecule has 0 aromatic carbocycles. The van der Waals surface area contributed by atoms with E-state index in [0.29, 0.717) is 21.9 Å². The minimum absolute atomic E-state index is 0.327. The van der Waals surface area contributed by atoms with Crippen LogP contribution in [-0.2, 0) is 4.74 Å². The number of rotatable bonds is 7. The van der Waals surface area contributed by atoms with Crippen molar-refractivity contribution in [3.8, 4) is 0 Å². The minimum Gasteiger partial charge on any atom is -0.382 e. The van der Waals surface area contributed by atoms with Crippen LogP contribution in [0.4, 0.5) is 5.69 Å². The van der Waals surface area contributed by atoms with E-state index in [1.54, 1.807) is 6.07 Å². The highest BCUT2D eigenvalue weighted by atomic mass is 35.5. The van der Waals surface area contributed by atoms with Crippen LogP contribution in [0.5, 0.6) is 0 Å². The number of ether oxygens (including phenoxy) is 1. The first-order chi connectivity index (χ1) is 8.09. The number of hydrogen-bond acceptors (Lipinski definition) is 4. The molecule has 0 amide bonds. The van der Waals surface area contributed by atoms with E-state index in [1.807, 2.05) is 0 Å². The third-order valence-electron chi connectivity index (χ3n) is 1.95. The Morgan fingerprint density at radius 2 is 2.12 bits per heavy atom. The Morgan fingerprint density at radius 3 is 2.82 bits per heavy atom. The van der Waals surface area contributed by atoms with E-state index in [1.165, 1.54) is 0 Å². The van der Waals surface area contributed by atoms with Crippen LogP contribution in [0.25, 0.3) is 0 Å². The zero-order valence-corrected chi connectivity index (χ0v) is 11.6. The Balaban J connectivity index is 2.20. The zero-order chi connectivity index (χ0) is 12.7. The van der Waals surface area contributed by atoms with Crippen molar-refractivity contribution < 1.29 is 4.74 Å². The summed E-state index contributed by atoms with van der Waals surface area (Å²) in [6.45, 7) is 6.55. The molecule has 6 heteroatoms. The summed E-state index contributed by atoms with van der Waals surface area (Å²) >= 11 is 11.6. The molecule has 0 aliphatic heterocycles. The molecule has 17 heavy (non-hydrogen) atoms. The summed E-state index contributed by atoms with van der Waals surface area (Å²) in [5.41, 5.74) is 0.704. The number of halogens is 2. The molecule has 0 bridgehead atoms. The summed E-state index contributed by atoms with van der Waals surface area (Å²) in [7, 11) is 0. The van der Waals surface area contributed by atoms with Crippen LogP contribution in [0.3, 0.4) is 0 Å². The van der Waals surface area contributed by atoms with Crippen LogP contribution in [0.2, 0.25) is 10.3 Å². The predicted molar refractivity (Wildman–Crippen MR) is 70.8 cm³/mol. The Hall–Kier alpha value is -0.580. The van der Waals surface area contributed by atoms with Crippen LogP contribution in [0.15, 0.2) is 6.07 Å². The molecule has 1 aromatic heterocycles. The number of aromatic nitrogens is 2. The van der Waals surface area contributed by atoms with E-state index in [9.17, 15) is 0 Å². The Labute approximate surface area is 112 Å². The van der Waals surface area contributed by atoms with E-state index < -0.39 is 0 Å². The normalized spacial score (nSPS) is 10.9. The number of anilines is 1. The second-order valence-electron chi connectivity index (χ2n) is 4.12. The lowest BCUT2D eigenvalue weighted by Crippen LogP contribution is -2.09. The lowest BCUT2D eigenvalue weighted by atomic mass is 10.2. The highest BCUT2D eigenvalue weighted by Crippen LogP contribution is 2.20. The van der Waals surface area contributed by atoms with Crippen LogP contribution in [0, 0.1) is 5.92 Å². The Kier molecular flexibility index (Phi) is 6.55. The van der Waals surface area contributed by atoms with Gasteiger partial charge in [0.25, 0.3) is 0 Å². The van der Waals surface area contributed by atoms with Gasteiger partial charge in [-0.25, -0.2) is 0 Å². The van der Waals surface area contributed by atoms with Crippen LogP contribution >= 0.6 is 23.2 Å². The maximum absolute atomic E-state index is 5.85. The summed E-state index contributed by atoms with van der Waals surface area (Å²) in [5, 5.41) is 11.1. The first-order valence-corrected chi connectivity index (χ1v) is 6.35. The molecule has 4 nitrogen and oxygen atoms in total. The fraction of sp³-hybridized carbons (Fsp3) is 0.636. The van der Waals surface area contributed by atoms with Crippen molar-refractivity contribution in [3.05, 3.63) is 16.4 Å². The second-order valence-corrected chi connectivity index (χ2v) is 4.87. The van der Waals surface area contributed by atoms with Gasteiger partial charge in [0.05, 0.1) is 5.69 Å². The molecule has 1 N–H and O–H groups in total. The molecule has 0 aliphatic rings. The van der Waals surface area contributed by atoms with Gasteiger partial charge in [-0.1, -0.05) is 37.0 Å². The zero-order valence-electron chi connectivity index (χ0n) is 10.0. The molecular formula is C11H17Cl2N3O. The van der Waals surface area contributed by atoms with E-state index in [0.717, 1.165) is 26.2 Å². The lowest BCUT2D eigenvalue weighted by molar-refractivity contribution is 0.110. The molecule has 0 atom stereocenters. The van der Waals surface area contributed by atoms with Crippen molar-refractivity contribution in [3.63, 3.8) is 0 Å². The third-order valence-corrected chi connectivity index (χ3v) is 2.42. The summed E-state index contributed by atoms with van der Waals surface area (Å²) in [6, 6.07) is 1.66. The highest BCUT2D eigenvalue weighted by molar-refractivity contribution is 6.33. The van der Waals surface area contributed by atoms with E-state index in [2.05, 4.69) is 29.4 Å². The minimum atomic E-state index is 0.327. The van der Waals surface area contributed by atoms with E-state index in [4.69, 9.17) is 27.9 Å². The molecule has 0 spiro atoms. The molecule has 1 aromatic rings. The SMILES string of the molecule is CC(C)COCCCNc1cc(Cl)nnc1Cl. The first-order valence-electron chi connectivity index (χ1n) is 5.60. The molecule has 1 heterocycles. The van der Waals surface area contributed by atoms with Gasteiger partial charge in [-0.05, 0) is 12.3 Å². The summed E-state index contributed by atoms with van der Waals surface area (Å²) < 4.78 is 5.46. The van der Waals surface area contributed by atoms with Gasteiger partial charge in [0.15, 0.2) is 10.3 Å².